The first-order valence-electron chi connectivity index (χ1n) is 16.1. The molecule has 0 radical (unpaired) electrons. The molecule has 3 N–H and O–H groups in total. The van der Waals surface area contributed by atoms with Crippen molar-refractivity contribution in [2.45, 2.75) is 77.1 Å². The van der Waals surface area contributed by atoms with Crippen LogP contribution in [0.15, 0.2) is 18.7 Å². The van der Waals surface area contributed by atoms with E-state index in [1.54, 1.807) is 7.11 Å². The molecule has 11 heteroatoms. The third kappa shape index (κ3) is 5.58. The number of aromatic nitrogens is 2. The summed E-state index contributed by atoms with van der Waals surface area (Å²) in [6.45, 7) is 17.9. The van der Waals surface area contributed by atoms with Gasteiger partial charge in [0.2, 0.25) is 5.91 Å². The molecule has 2 unspecified atom stereocenters. The summed E-state index contributed by atoms with van der Waals surface area (Å²) in [6.07, 6.45) is 6.70. The molecule has 244 valence electrons. The van der Waals surface area contributed by atoms with Gasteiger partial charge in [0.25, 0.3) is 0 Å². The summed E-state index contributed by atoms with van der Waals surface area (Å²) in [6, 6.07) is 2.48. The van der Waals surface area contributed by atoms with E-state index < -0.39 is 0 Å². The number of nitrogens with one attached hydrogen (secondary N) is 1. The van der Waals surface area contributed by atoms with Crippen molar-refractivity contribution < 1.29 is 14.3 Å². The number of hydrogen-bond donors (Lipinski definition) is 2. The lowest BCUT2D eigenvalue weighted by molar-refractivity contribution is -0.149. The Bertz CT molecular complexity index is 1490. The number of rotatable bonds is 7. The number of nitrogens with zero attached hydrogens (tertiary/aromatic N) is 5. The van der Waals surface area contributed by atoms with E-state index in [1.807, 2.05) is 17.9 Å². The van der Waals surface area contributed by atoms with E-state index in [-0.39, 0.29) is 29.0 Å². The van der Waals surface area contributed by atoms with Crippen LogP contribution in [-0.2, 0) is 14.3 Å². The smallest absolute Gasteiger partial charge is 0.245 e. The summed E-state index contributed by atoms with van der Waals surface area (Å²) in [5.41, 5.74) is 11.3. The number of nitrogen functional groups attached to an aromatic ring is 1. The largest absolute Gasteiger partial charge is 0.398 e. The lowest BCUT2D eigenvalue weighted by Crippen LogP contribution is -2.63. The standard InChI is InChI=1S/C34H48ClN7O3/c1-7-28(43)40-19-34(20-40)14-24(15-34)42-22(3)29(30-26(16-36)27(37)12-21(2)31(30)35)32(38-42)41-9-8-23(13-33(41,4)5)39-10-11-45-18-25(17-39)44-6/h7,12,16,23-25,36H,1,8-11,13-15,17-20,37H2,2-6H3. The number of hydrogen-bond acceptors (Lipinski definition) is 8. The number of halogens is 1. The number of aryl methyl sites for hydroxylation is 1. The van der Waals surface area contributed by atoms with Crippen LogP contribution in [0.4, 0.5) is 11.5 Å². The van der Waals surface area contributed by atoms with Crippen molar-refractivity contribution in [2.24, 2.45) is 5.41 Å². The molecular formula is C34H48ClN7O3. The summed E-state index contributed by atoms with van der Waals surface area (Å²) in [5.74, 6) is 0.906. The fourth-order valence-corrected chi connectivity index (χ4v) is 8.60. The number of amides is 1. The number of methoxy groups -OCH3 is 1. The fourth-order valence-electron chi connectivity index (χ4n) is 8.34. The zero-order chi connectivity index (χ0) is 32.3. The Morgan fingerprint density at radius 3 is 2.58 bits per heavy atom. The minimum Gasteiger partial charge on any atom is -0.398 e. The monoisotopic (exact) mass is 637 g/mol. The number of ether oxygens (including phenoxy) is 2. The van der Waals surface area contributed by atoms with Crippen molar-refractivity contribution in [3.8, 4) is 11.1 Å². The SMILES string of the molecule is C=CC(=O)N1CC2(CC(n3nc(N4CCC(N5CCOCC(OC)C5)CC4(C)C)c(-c4c(Cl)c(C)cc(N)c4C=N)c3C)C2)C1. The highest BCUT2D eigenvalue weighted by atomic mass is 35.5. The van der Waals surface area contributed by atoms with Crippen molar-refractivity contribution >= 4 is 35.2 Å². The van der Waals surface area contributed by atoms with E-state index in [9.17, 15) is 4.79 Å². The molecule has 1 aliphatic carbocycles. The number of anilines is 2. The number of piperidine rings is 1. The first-order valence-corrected chi connectivity index (χ1v) is 16.5. The van der Waals surface area contributed by atoms with Gasteiger partial charge in [-0.2, -0.15) is 5.10 Å². The Hall–Kier alpha value is -2.92. The second-order valence-corrected chi connectivity index (χ2v) is 14.6. The molecule has 1 spiro atoms. The van der Waals surface area contributed by atoms with Crippen molar-refractivity contribution in [1.29, 1.82) is 5.41 Å². The Kier molecular flexibility index (Phi) is 8.56. The maximum absolute atomic E-state index is 12.1. The van der Waals surface area contributed by atoms with Crippen molar-refractivity contribution in [2.75, 3.05) is 63.7 Å². The average molecular weight is 638 g/mol. The molecule has 10 nitrogen and oxygen atoms in total. The van der Waals surface area contributed by atoms with Crippen LogP contribution in [0.5, 0.6) is 0 Å². The maximum atomic E-state index is 12.1. The van der Waals surface area contributed by atoms with Crippen LogP contribution in [0.1, 0.15) is 62.4 Å². The average Bonchev–Trinajstić information content (AvgIpc) is 3.12. The van der Waals surface area contributed by atoms with Crippen molar-refractivity contribution in [1.82, 2.24) is 19.6 Å². The number of benzene rings is 1. The molecular weight excluding hydrogens is 590 g/mol. The van der Waals surface area contributed by atoms with Gasteiger partial charge < -0.3 is 30.4 Å². The van der Waals surface area contributed by atoms with Crippen LogP contribution in [0.2, 0.25) is 5.02 Å². The highest BCUT2D eigenvalue weighted by Crippen LogP contribution is 2.56. The molecule has 0 bridgehead atoms. The Labute approximate surface area is 272 Å². The molecule has 2 atom stereocenters. The minimum atomic E-state index is -0.202. The highest BCUT2D eigenvalue weighted by Gasteiger charge is 2.55. The topological polar surface area (TPSA) is 113 Å². The van der Waals surface area contributed by atoms with E-state index in [4.69, 9.17) is 37.3 Å². The van der Waals surface area contributed by atoms with Gasteiger partial charge in [0, 0.05) is 91.1 Å². The summed E-state index contributed by atoms with van der Waals surface area (Å²) < 4.78 is 13.7. The van der Waals surface area contributed by atoms with Gasteiger partial charge in [0.15, 0.2) is 5.82 Å². The molecule has 2 aromatic rings. The van der Waals surface area contributed by atoms with E-state index >= 15 is 0 Å². The van der Waals surface area contributed by atoms with Gasteiger partial charge in [-0.1, -0.05) is 18.2 Å². The zero-order valence-electron chi connectivity index (χ0n) is 27.4. The van der Waals surface area contributed by atoms with Crippen LogP contribution >= 0.6 is 11.6 Å². The summed E-state index contributed by atoms with van der Waals surface area (Å²) in [4.78, 5) is 19.0. The predicted molar refractivity (Wildman–Crippen MR) is 180 cm³/mol. The predicted octanol–water partition coefficient (Wildman–Crippen LogP) is 4.84. The first-order chi connectivity index (χ1) is 21.4. The number of carbonyl (C=O) groups excluding carboxylic acids is 1. The summed E-state index contributed by atoms with van der Waals surface area (Å²) in [7, 11) is 1.77. The molecule has 45 heavy (non-hydrogen) atoms. The second kappa shape index (κ2) is 12.0. The Morgan fingerprint density at radius 1 is 1.20 bits per heavy atom. The van der Waals surface area contributed by atoms with Crippen LogP contribution < -0.4 is 10.6 Å². The molecule has 1 aromatic carbocycles. The molecule has 4 aliphatic rings. The summed E-state index contributed by atoms with van der Waals surface area (Å²) >= 11 is 7.09. The van der Waals surface area contributed by atoms with Gasteiger partial charge in [0.1, 0.15) is 0 Å². The van der Waals surface area contributed by atoms with E-state index in [0.717, 1.165) is 93.2 Å². The van der Waals surface area contributed by atoms with Crippen LogP contribution in [0, 0.1) is 24.7 Å². The molecule has 3 aliphatic heterocycles. The molecule has 4 heterocycles. The van der Waals surface area contributed by atoms with E-state index in [1.165, 1.54) is 12.3 Å². The maximum Gasteiger partial charge on any atom is 0.245 e. The third-order valence-corrected chi connectivity index (χ3v) is 11.3. The normalized spacial score (nSPS) is 25.0. The van der Waals surface area contributed by atoms with Crippen LogP contribution in [0.3, 0.4) is 0 Å². The van der Waals surface area contributed by atoms with Gasteiger partial charge >= 0.3 is 0 Å². The molecule has 1 amide bonds. The Morgan fingerprint density at radius 2 is 1.93 bits per heavy atom. The van der Waals surface area contributed by atoms with Gasteiger partial charge in [-0.05, 0) is 71.1 Å². The lowest BCUT2D eigenvalue weighted by atomic mass is 9.60. The fraction of sp³-hybridized carbons (Fsp3) is 0.618. The lowest BCUT2D eigenvalue weighted by Gasteiger charge is -2.58. The second-order valence-electron chi connectivity index (χ2n) is 14.3. The highest BCUT2D eigenvalue weighted by molar-refractivity contribution is 6.35. The number of likely N-dealkylation sites (tertiary alicyclic amines) is 1. The molecule has 4 fully saturated rings. The molecule has 6 rings (SSSR count). The third-order valence-electron chi connectivity index (χ3n) is 10.8. The van der Waals surface area contributed by atoms with E-state index in [0.29, 0.717) is 28.9 Å². The minimum absolute atomic E-state index is 0.00541. The van der Waals surface area contributed by atoms with E-state index in [2.05, 4.69) is 41.8 Å². The zero-order valence-corrected chi connectivity index (χ0v) is 28.1. The molecule has 1 aromatic heterocycles. The molecule has 1 saturated carbocycles. The van der Waals surface area contributed by atoms with Crippen molar-refractivity contribution in [3.05, 3.63) is 40.6 Å². The molecule has 3 saturated heterocycles. The summed E-state index contributed by atoms with van der Waals surface area (Å²) in [5, 5.41) is 14.3. The quantitative estimate of drug-likeness (QED) is 0.254. The van der Waals surface area contributed by atoms with Gasteiger partial charge in [0.05, 0.1) is 30.4 Å². The first kappa shape index (κ1) is 32.0. The number of carbonyl (C=O) groups is 1. The van der Waals surface area contributed by atoms with Crippen molar-refractivity contribution in [3.63, 3.8) is 0 Å². The van der Waals surface area contributed by atoms with Gasteiger partial charge in [-0.15, -0.1) is 0 Å². The van der Waals surface area contributed by atoms with Crippen LogP contribution in [0.25, 0.3) is 11.1 Å². The van der Waals surface area contributed by atoms with Gasteiger partial charge in [-0.25, -0.2) is 0 Å². The number of nitrogens with two attached hydrogens (primary N) is 1. The van der Waals surface area contributed by atoms with Gasteiger partial charge in [-0.3, -0.25) is 14.4 Å². The Balaban J connectivity index is 1.36. The van der Waals surface area contributed by atoms with Crippen LogP contribution in [-0.4, -0.2) is 102 Å².